The number of nitrogens with zero attached hydrogens (tertiary/aromatic N) is 3. The molecule has 2 aromatic carbocycles. The molecule has 0 aliphatic carbocycles. The Kier molecular flexibility index (Phi) is 6.44. The number of aryl methyl sites for hydroxylation is 1. The van der Waals surface area contributed by atoms with E-state index in [4.69, 9.17) is 14.3 Å². The van der Waals surface area contributed by atoms with E-state index in [9.17, 15) is 9.90 Å². The van der Waals surface area contributed by atoms with Gasteiger partial charge in [-0.2, -0.15) is 0 Å². The van der Waals surface area contributed by atoms with Crippen LogP contribution in [0.3, 0.4) is 0 Å². The molecule has 0 saturated carbocycles. The van der Waals surface area contributed by atoms with E-state index >= 15 is 0 Å². The molecule has 0 unspecified atom stereocenters. The van der Waals surface area contributed by atoms with Gasteiger partial charge in [0.05, 0.1) is 23.9 Å². The monoisotopic (exact) mass is 475 g/mol. The van der Waals surface area contributed by atoms with E-state index in [0.717, 1.165) is 61.1 Å². The van der Waals surface area contributed by atoms with Crippen molar-refractivity contribution in [3.63, 3.8) is 0 Å². The highest BCUT2D eigenvalue weighted by Crippen LogP contribution is 2.42. The average Bonchev–Trinajstić information content (AvgIpc) is 3.43. The summed E-state index contributed by atoms with van der Waals surface area (Å²) >= 11 is 0. The number of fused-ring (bicyclic) bond motifs is 2. The number of carboxylic acid groups (broad SMARTS) is 1. The van der Waals surface area contributed by atoms with Crippen molar-refractivity contribution in [2.45, 2.75) is 38.5 Å². The minimum atomic E-state index is -0.819. The maximum atomic E-state index is 11.1. The second kappa shape index (κ2) is 9.82. The van der Waals surface area contributed by atoms with E-state index in [1.54, 1.807) is 13.2 Å². The van der Waals surface area contributed by atoms with Gasteiger partial charge in [0.15, 0.2) is 11.5 Å². The molecule has 0 spiro atoms. The summed E-state index contributed by atoms with van der Waals surface area (Å²) in [6.07, 6.45) is 6.60. The topological polar surface area (TPSA) is 108 Å². The Labute approximate surface area is 203 Å². The van der Waals surface area contributed by atoms with Crippen molar-refractivity contribution in [1.82, 2.24) is 4.90 Å². The van der Waals surface area contributed by atoms with Crippen LogP contribution in [0.25, 0.3) is 22.7 Å². The van der Waals surface area contributed by atoms with Gasteiger partial charge in [-0.15, -0.1) is 10.2 Å². The lowest BCUT2D eigenvalue weighted by molar-refractivity contribution is 0.122. The normalized spacial score (nSPS) is 16.8. The largest absolute Gasteiger partial charge is 0.504 e. The number of likely N-dealkylation sites (tertiary alicyclic amines) is 1. The number of piperidine rings is 1. The van der Waals surface area contributed by atoms with E-state index in [2.05, 4.69) is 10.2 Å². The van der Waals surface area contributed by atoms with Crippen LogP contribution in [0, 0.1) is 5.92 Å². The summed E-state index contributed by atoms with van der Waals surface area (Å²) in [7, 11) is 1.64. The zero-order chi connectivity index (χ0) is 24.4. The number of amides is 1. The highest BCUT2D eigenvalue weighted by molar-refractivity contribution is 5.95. The number of aromatic hydroxyl groups is 1. The van der Waals surface area contributed by atoms with E-state index in [1.807, 2.05) is 36.4 Å². The molecule has 2 aliphatic heterocycles. The van der Waals surface area contributed by atoms with Gasteiger partial charge in [-0.05, 0) is 49.8 Å². The molecule has 2 aliphatic rings. The number of methoxy groups -OCH3 is 1. The first-order valence-electron chi connectivity index (χ1n) is 12.1. The minimum absolute atomic E-state index is 0.0844. The summed E-state index contributed by atoms with van der Waals surface area (Å²) in [5, 5.41) is 29.1. The number of unbranched alkanes of at least 4 members (excludes halogenated alkanes) is 1. The first-order valence-corrected chi connectivity index (χ1v) is 12.1. The molecule has 8 nitrogen and oxygen atoms in total. The van der Waals surface area contributed by atoms with E-state index in [0.29, 0.717) is 41.4 Å². The van der Waals surface area contributed by atoms with Gasteiger partial charge in [0.2, 0.25) is 0 Å². The fraction of sp³-hybridized carbons (Fsp3) is 0.370. The van der Waals surface area contributed by atoms with Crippen LogP contribution in [-0.4, -0.2) is 41.4 Å². The summed E-state index contributed by atoms with van der Waals surface area (Å²) < 4.78 is 11.8. The predicted octanol–water partition coefficient (Wildman–Crippen LogP) is 6.85. The maximum Gasteiger partial charge on any atom is 0.407 e. The molecule has 8 heteroatoms. The zero-order valence-electron chi connectivity index (χ0n) is 19.7. The number of benzene rings is 2. The smallest absolute Gasteiger partial charge is 0.407 e. The molecule has 3 aromatic rings. The average molecular weight is 476 g/mol. The SMILES string of the molecule is COc1ccc2c(O)c(C=C3N=Nc4ccccc43)oc2c1CCCCC1CCN(C(=O)O)CC1. The van der Waals surface area contributed by atoms with Crippen LogP contribution in [0.4, 0.5) is 10.5 Å². The lowest BCUT2D eigenvalue weighted by Gasteiger charge is -2.29. The van der Waals surface area contributed by atoms with Crippen molar-refractivity contribution in [2.75, 3.05) is 20.2 Å². The minimum Gasteiger partial charge on any atom is -0.504 e. The van der Waals surface area contributed by atoms with E-state index in [1.165, 1.54) is 4.90 Å². The lowest BCUT2D eigenvalue weighted by atomic mass is 9.91. The molecule has 3 heterocycles. The zero-order valence-corrected chi connectivity index (χ0v) is 19.7. The third-order valence-electron chi connectivity index (χ3n) is 7.03. The van der Waals surface area contributed by atoms with Crippen LogP contribution >= 0.6 is 0 Å². The summed E-state index contributed by atoms with van der Waals surface area (Å²) in [5.74, 6) is 1.75. The van der Waals surface area contributed by atoms with Gasteiger partial charge in [-0.1, -0.05) is 31.0 Å². The van der Waals surface area contributed by atoms with Gasteiger partial charge in [-0.25, -0.2) is 4.79 Å². The molecule has 0 bridgehead atoms. The van der Waals surface area contributed by atoms with Gasteiger partial charge in [0.1, 0.15) is 11.3 Å². The molecule has 5 rings (SSSR count). The van der Waals surface area contributed by atoms with Crippen molar-refractivity contribution in [3.05, 3.63) is 53.3 Å². The van der Waals surface area contributed by atoms with Gasteiger partial charge in [0, 0.05) is 30.3 Å². The molecular weight excluding hydrogens is 446 g/mol. The van der Waals surface area contributed by atoms with Crippen molar-refractivity contribution in [3.8, 4) is 11.5 Å². The Morgan fingerprint density at radius 2 is 1.97 bits per heavy atom. The van der Waals surface area contributed by atoms with Crippen molar-refractivity contribution < 1.29 is 24.2 Å². The first-order chi connectivity index (χ1) is 17.0. The summed E-state index contributed by atoms with van der Waals surface area (Å²) in [4.78, 5) is 12.6. The van der Waals surface area contributed by atoms with Gasteiger partial charge >= 0.3 is 6.09 Å². The Hall–Kier alpha value is -3.81. The summed E-state index contributed by atoms with van der Waals surface area (Å²) in [5.41, 5.74) is 3.92. The molecular formula is C27H29N3O5. The fourth-order valence-electron chi connectivity index (χ4n) is 5.05. The summed E-state index contributed by atoms with van der Waals surface area (Å²) in [6, 6.07) is 11.4. The van der Waals surface area contributed by atoms with Crippen molar-refractivity contribution in [2.24, 2.45) is 16.1 Å². The number of hydrogen-bond donors (Lipinski definition) is 2. The predicted molar refractivity (Wildman–Crippen MR) is 133 cm³/mol. The number of carbonyl (C=O) groups is 1. The van der Waals surface area contributed by atoms with Crippen LogP contribution in [0.1, 0.15) is 49.0 Å². The van der Waals surface area contributed by atoms with Crippen LogP contribution in [0.15, 0.2) is 51.0 Å². The molecule has 1 saturated heterocycles. The van der Waals surface area contributed by atoms with Gasteiger partial charge in [0.25, 0.3) is 0 Å². The molecule has 0 radical (unpaired) electrons. The third-order valence-corrected chi connectivity index (χ3v) is 7.03. The van der Waals surface area contributed by atoms with Crippen molar-refractivity contribution in [1.29, 1.82) is 0 Å². The van der Waals surface area contributed by atoms with Crippen LogP contribution in [-0.2, 0) is 6.42 Å². The molecule has 2 N–H and O–H groups in total. The molecule has 35 heavy (non-hydrogen) atoms. The van der Waals surface area contributed by atoms with Crippen LogP contribution < -0.4 is 4.74 Å². The number of furan rings is 1. The highest BCUT2D eigenvalue weighted by Gasteiger charge is 2.23. The Balaban J connectivity index is 1.31. The fourth-order valence-corrected chi connectivity index (χ4v) is 5.05. The number of hydrogen-bond acceptors (Lipinski definition) is 6. The van der Waals surface area contributed by atoms with E-state index < -0.39 is 6.09 Å². The summed E-state index contributed by atoms with van der Waals surface area (Å²) in [6.45, 7) is 1.25. The standard InChI is InChI=1S/C27H29N3O5/c1-34-23-11-10-20-25(31)24(16-22-18-7-4-5-9-21(18)28-29-22)35-26(20)19(23)8-3-2-6-17-12-14-30(15-13-17)27(32)33/h4-5,7,9-11,16-17,31H,2-3,6,8,12-15H2,1H3,(H,32,33). The second-order valence-electron chi connectivity index (χ2n) is 9.14. The number of ether oxygens (including phenoxy) is 1. The lowest BCUT2D eigenvalue weighted by Crippen LogP contribution is -2.37. The van der Waals surface area contributed by atoms with Gasteiger partial charge < -0.3 is 24.3 Å². The molecule has 0 atom stereocenters. The Morgan fingerprint density at radius 3 is 2.74 bits per heavy atom. The maximum absolute atomic E-state index is 11.1. The molecule has 1 amide bonds. The van der Waals surface area contributed by atoms with Gasteiger partial charge in [-0.3, -0.25) is 0 Å². The highest BCUT2D eigenvalue weighted by atomic mass is 16.5. The first kappa shape index (κ1) is 23.0. The molecule has 1 fully saturated rings. The van der Waals surface area contributed by atoms with E-state index in [-0.39, 0.29) is 5.75 Å². The second-order valence-corrected chi connectivity index (χ2v) is 9.14. The van der Waals surface area contributed by atoms with Crippen molar-refractivity contribution >= 4 is 34.5 Å². The van der Waals surface area contributed by atoms with Crippen LogP contribution in [0.5, 0.6) is 11.5 Å². The quantitative estimate of drug-likeness (QED) is 0.364. The number of rotatable bonds is 7. The third kappa shape index (κ3) is 4.60. The van der Waals surface area contributed by atoms with Crippen LogP contribution in [0.2, 0.25) is 0 Å². The Bertz CT molecular complexity index is 1300. The Morgan fingerprint density at radius 1 is 1.17 bits per heavy atom. The molecule has 182 valence electrons. The molecule has 1 aromatic heterocycles. The number of azo groups is 1.